The van der Waals surface area contributed by atoms with E-state index in [1.807, 2.05) is 25.2 Å². The van der Waals surface area contributed by atoms with Crippen LogP contribution in [0.3, 0.4) is 0 Å². The van der Waals surface area contributed by atoms with Crippen molar-refractivity contribution in [1.29, 1.82) is 0 Å². The summed E-state index contributed by atoms with van der Waals surface area (Å²) in [5, 5.41) is 4.26. The minimum atomic E-state index is -0.223. The van der Waals surface area contributed by atoms with E-state index in [0.717, 1.165) is 37.9 Å². The molecule has 29 heavy (non-hydrogen) atoms. The molecule has 0 N–H and O–H groups in total. The summed E-state index contributed by atoms with van der Waals surface area (Å²) in [4.78, 5) is 29.5. The molecule has 0 bridgehead atoms. The smallest absolute Gasteiger partial charge is 0.228 e. The van der Waals surface area contributed by atoms with Crippen LogP contribution in [-0.2, 0) is 23.1 Å². The molecule has 2 aliphatic rings. The first kappa shape index (κ1) is 19.7. The number of aromatic nitrogens is 2. The van der Waals surface area contributed by atoms with Gasteiger partial charge in [-0.3, -0.25) is 14.3 Å². The Morgan fingerprint density at radius 1 is 1.10 bits per heavy atom. The molecule has 6 heteroatoms. The van der Waals surface area contributed by atoms with E-state index in [1.165, 1.54) is 5.56 Å². The number of aryl methyl sites for hydroxylation is 1. The second-order valence-corrected chi connectivity index (χ2v) is 8.50. The molecule has 6 nitrogen and oxygen atoms in total. The number of hydrogen-bond acceptors (Lipinski definition) is 3. The fourth-order valence-corrected chi connectivity index (χ4v) is 4.88. The highest BCUT2D eigenvalue weighted by atomic mass is 16.2. The van der Waals surface area contributed by atoms with Gasteiger partial charge in [-0.15, -0.1) is 0 Å². The van der Waals surface area contributed by atoms with Crippen molar-refractivity contribution < 1.29 is 9.59 Å². The predicted octanol–water partition coefficient (Wildman–Crippen LogP) is 2.81. The van der Waals surface area contributed by atoms with E-state index in [-0.39, 0.29) is 23.8 Å². The van der Waals surface area contributed by atoms with Crippen LogP contribution >= 0.6 is 0 Å². The maximum atomic E-state index is 13.4. The first-order valence-corrected chi connectivity index (χ1v) is 10.6. The first-order chi connectivity index (χ1) is 14.0. The number of amides is 2. The highest BCUT2D eigenvalue weighted by Crippen LogP contribution is 2.37. The van der Waals surface area contributed by atoms with Gasteiger partial charge in [-0.2, -0.15) is 5.10 Å². The number of nitrogens with zero attached hydrogens (tertiary/aromatic N) is 4. The molecule has 2 aromatic rings. The maximum absolute atomic E-state index is 13.4. The van der Waals surface area contributed by atoms with Crippen LogP contribution in [0.15, 0.2) is 42.7 Å². The van der Waals surface area contributed by atoms with Crippen LogP contribution < -0.4 is 0 Å². The maximum Gasteiger partial charge on any atom is 0.228 e. The minimum Gasteiger partial charge on any atom is -0.342 e. The molecule has 0 saturated carbocycles. The van der Waals surface area contributed by atoms with Gasteiger partial charge in [-0.05, 0) is 37.2 Å². The Morgan fingerprint density at radius 3 is 2.48 bits per heavy atom. The first-order valence-electron chi connectivity index (χ1n) is 10.6. The summed E-state index contributed by atoms with van der Waals surface area (Å²) in [6.07, 6.45) is 7.93. The fraction of sp³-hybridized carbons (Fsp3) is 0.522. The molecule has 2 amide bonds. The molecule has 1 aromatic heterocycles. The van der Waals surface area contributed by atoms with Gasteiger partial charge in [0.15, 0.2) is 0 Å². The topological polar surface area (TPSA) is 58.4 Å². The van der Waals surface area contributed by atoms with Crippen molar-refractivity contribution in [3.63, 3.8) is 0 Å². The van der Waals surface area contributed by atoms with Gasteiger partial charge in [0.25, 0.3) is 0 Å². The molecule has 4 rings (SSSR count). The predicted molar refractivity (Wildman–Crippen MR) is 111 cm³/mol. The van der Waals surface area contributed by atoms with Gasteiger partial charge < -0.3 is 9.80 Å². The second-order valence-electron chi connectivity index (χ2n) is 8.50. The second kappa shape index (κ2) is 8.39. The highest BCUT2D eigenvalue weighted by Gasteiger charge is 2.41. The van der Waals surface area contributed by atoms with Gasteiger partial charge in [0.2, 0.25) is 11.8 Å². The molecule has 2 atom stereocenters. The SMILES string of the molecule is CN1C(=O)CCC(C(=O)N2CCC(Cc3ccccc3)CC2)C1c1cnn(C)c1. The molecule has 2 fully saturated rings. The molecule has 2 unspecified atom stereocenters. The molecule has 2 saturated heterocycles. The average molecular weight is 395 g/mol. The standard InChI is InChI=1S/C23H30N4O2/c1-25-16-19(15-24-25)22-20(8-9-21(28)26(22)2)23(29)27-12-10-18(11-13-27)14-17-6-4-3-5-7-17/h3-7,15-16,18,20,22H,8-14H2,1-2H3. The summed E-state index contributed by atoms with van der Waals surface area (Å²) >= 11 is 0. The zero-order valence-corrected chi connectivity index (χ0v) is 17.3. The van der Waals surface area contributed by atoms with E-state index >= 15 is 0 Å². The Bertz CT molecular complexity index is 855. The Labute approximate surface area is 172 Å². The van der Waals surface area contributed by atoms with Crippen molar-refractivity contribution in [2.24, 2.45) is 18.9 Å². The lowest BCUT2D eigenvalue weighted by Gasteiger charge is -2.41. The highest BCUT2D eigenvalue weighted by molar-refractivity contribution is 5.85. The molecular formula is C23H30N4O2. The van der Waals surface area contributed by atoms with Crippen molar-refractivity contribution in [2.45, 2.75) is 38.1 Å². The van der Waals surface area contributed by atoms with Gasteiger partial charge in [0.1, 0.15) is 0 Å². The number of piperidine rings is 2. The number of carbonyl (C=O) groups is 2. The van der Waals surface area contributed by atoms with Crippen LogP contribution in [0.5, 0.6) is 0 Å². The lowest BCUT2D eigenvalue weighted by molar-refractivity contribution is -0.147. The van der Waals surface area contributed by atoms with Crippen molar-refractivity contribution in [3.05, 3.63) is 53.9 Å². The molecular weight excluding hydrogens is 364 g/mol. The summed E-state index contributed by atoms with van der Waals surface area (Å²) in [6.45, 7) is 1.62. The number of rotatable bonds is 4. The molecule has 3 heterocycles. The van der Waals surface area contributed by atoms with E-state index in [2.05, 4.69) is 35.4 Å². The summed E-state index contributed by atoms with van der Waals surface area (Å²) in [5.41, 5.74) is 2.32. The lowest BCUT2D eigenvalue weighted by atomic mass is 9.83. The molecule has 2 aliphatic heterocycles. The van der Waals surface area contributed by atoms with E-state index in [1.54, 1.807) is 15.8 Å². The summed E-state index contributed by atoms with van der Waals surface area (Å²) in [6, 6.07) is 10.4. The summed E-state index contributed by atoms with van der Waals surface area (Å²) in [5.74, 6) is 0.736. The van der Waals surface area contributed by atoms with E-state index in [4.69, 9.17) is 0 Å². The zero-order chi connectivity index (χ0) is 20.4. The monoisotopic (exact) mass is 394 g/mol. The van der Waals surface area contributed by atoms with E-state index in [9.17, 15) is 9.59 Å². The van der Waals surface area contributed by atoms with Crippen LogP contribution in [-0.4, -0.2) is 51.5 Å². The van der Waals surface area contributed by atoms with Crippen molar-refractivity contribution in [1.82, 2.24) is 19.6 Å². The summed E-state index contributed by atoms with van der Waals surface area (Å²) in [7, 11) is 3.67. The van der Waals surface area contributed by atoms with E-state index < -0.39 is 0 Å². The minimum absolute atomic E-state index is 0.101. The Balaban J connectivity index is 1.42. The number of carbonyl (C=O) groups excluding carboxylic acids is 2. The van der Waals surface area contributed by atoms with Gasteiger partial charge in [-0.25, -0.2) is 0 Å². The fourth-order valence-electron chi connectivity index (χ4n) is 4.88. The molecule has 154 valence electrons. The van der Waals surface area contributed by atoms with Gasteiger partial charge in [0.05, 0.1) is 18.2 Å². The van der Waals surface area contributed by atoms with E-state index in [0.29, 0.717) is 18.8 Å². The molecule has 1 aromatic carbocycles. The van der Waals surface area contributed by atoms with Crippen LogP contribution in [0.4, 0.5) is 0 Å². The van der Waals surface area contributed by atoms with Crippen LogP contribution in [0, 0.1) is 11.8 Å². The van der Waals surface area contributed by atoms with Crippen molar-refractivity contribution in [2.75, 3.05) is 20.1 Å². The molecule has 0 spiro atoms. The third-order valence-corrected chi connectivity index (χ3v) is 6.54. The third kappa shape index (κ3) is 4.21. The third-order valence-electron chi connectivity index (χ3n) is 6.54. The van der Waals surface area contributed by atoms with Crippen LogP contribution in [0.1, 0.15) is 42.9 Å². The average Bonchev–Trinajstić information content (AvgIpc) is 3.16. The Morgan fingerprint density at radius 2 is 1.83 bits per heavy atom. The Hall–Kier alpha value is -2.63. The number of hydrogen-bond donors (Lipinski definition) is 0. The van der Waals surface area contributed by atoms with Crippen LogP contribution in [0.2, 0.25) is 0 Å². The zero-order valence-electron chi connectivity index (χ0n) is 17.3. The summed E-state index contributed by atoms with van der Waals surface area (Å²) < 4.78 is 1.73. The molecule has 0 aliphatic carbocycles. The normalized spacial score (nSPS) is 23.4. The molecule has 0 radical (unpaired) electrons. The Kier molecular flexibility index (Phi) is 5.69. The van der Waals surface area contributed by atoms with Gasteiger partial charge in [0, 0.05) is 45.4 Å². The number of likely N-dealkylation sites (tertiary alicyclic amines) is 2. The lowest BCUT2D eigenvalue weighted by Crippen LogP contribution is -2.49. The quantitative estimate of drug-likeness (QED) is 0.801. The van der Waals surface area contributed by atoms with Crippen LogP contribution in [0.25, 0.3) is 0 Å². The number of benzene rings is 1. The van der Waals surface area contributed by atoms with Crippen molar-refractivity contribution in [3.8, 4) is 0 Å². The van der Waals surface area contributed by atoms with Crippen molar-refractivity contribution >= 4 is 11.8 Å². The van der Waals surface area contributed by atoms with Gasteiger partial charge >= 0.3 is 0 Å². The van der Waals surface area contributed by atoms with Gasteiger partial charge in [-0.1, -0.05) is 30.3 Å². The largest absolute Gasteiger partial charge is 0.342 e.